The number of rotatable bonds is 9. The highest BCUT2D eigenvalue weighted by atomic mass is 127. The van der Waals surface area contributed by atoms with Crippen LogP contribution in [-0.4, -0.2) is 38.8 Å². The molecule has 0 atom stereocenters. The summed E-state index contributed by atoms with van der Waals surface area (Å²) in [5.74, 6) is 1.83. The molecule has 172 valence electrons. The molecule has 0 aliphatic rings. The van der Waals surface area contributed by atoms with Crippen LogP contribution in [0.15, 0.2) is 35.2 Å². The zero-order chi connectivity index (χ0) is 22.1. The van der Waals surface area contributed by atoms with Gasteiger partial charge in [0.25, 0.3) is 0 Å². The fraction of sp³-hybridized carbons (Fsp3) is 0.400. The van der Waals surface area contributed by atoms with Gasteiger partial charge in [0.15, 0.2) is 23.2 Å². The summed E-state index contributed by atoms with van der Waals surface area (Å²) in [5, 5.41) is 7.70. The average molecular weight is 570 g/mol. The number of ether oxygens (including phenoxy) is 2. The Morgan fingerprint density at radius 2 is 2.00 bits per heavy atom. The van der Waals surface area contributed by atoms with E-state index in [4.69, 9.17) is 9.47 Å². The number of benzene rings is 1. The van der Waals surface area contributed by atoms with E-state index in [1.54, 1.807) is 27.3 Å². The Morgan fingerprint density at radius 3 is 2.55 bits per heavy atom. The number of allylic oxidation sites excluding steroid dienone is 1. The summed E-state index contributed by atoms with van der Waals surface area (Å²) in [4.78, 5) is 7.76. The predicted molar refractivity (Wildman–Crippen MR) is 128 cm³/mol. The lowest BCUT2D eigenvalue weighted by Gasteiger charge is -2.16. The molecule has 6 nitrogen and oxygen atoms in total. The average Bonchev–Trinajstić information content (AvgIpc) is 3.19. The van der Waals surface area contributed by atoms with Gasteiger partial charge in [-0.25, -0.2) is 4.98 Å². The lowest BCUT2D eigenvalue weighted by molar-refractivity contribution is -0.140. The number of nitrogens with one attached hydrogen (secondary N) is 2. The second-order valence-electron chi connectivity index (χ2n) is 6.21. The summed E-state index contributed by atoms with van der Waals surface area (Å²) in [6.07, 6.45) is -1.63. The van der Waals surface area contributed by atoms with Gasteiger partial charge in [-0.2, -0.15) is 13.2 Å². The van der Waals surface area contributed by atoms with E-state index in [2.05, 4.69) is 27.2 Å². The first kappa shape index (κ1) is 27.0. The topological polar surface area (TPSA) is 67.8 Å². The molecule has 1 heterocycles. The Kier molecular flexibility index (Phi) is 11.1. The number of guanidine groups is 1. The first-order valence-corrected chi connectivity index (χ1v) is 10.0. The molecule has 0 aliphatic heterocycles. The van der Waals surface area contributed by atoms with Gasteiger partial charge in [0.05, 0.1) is 19.2 Å². The van der Waals surface area contributed by atoms with Crippen molar-refractivity contribution in [2.45, 2.75) is 25.6 Å². The van der Waals surface area contributed by atoms with Crippen LogP contribution >= 0.6 is 35.3 Å². The van der Waals surface area contributed by atoms with E-state index in [-0.39, 0.29) is 24.0 Å². The smallest absolute Gasteiger partial charge is 0.434 e. The monoisotopic (exact) mass is 570 g/mol. The van der Waals surface area contributed by atoms with Crippen molar-refractivity contribution < 1.29 is 22.6 Å². The number of thiazole rings is 1. The van der Waals surface area contributed by atoms with Crippen molar-refractivity contribution in [1.29, 1.82) is 0 Å². The maximum atomic E-state index is 12.6. The van der Waals surface area contributed by atoms with Gasteiger partial charge in [0.1, 0.15) is 0 Å². The lowest BCUT2D eigenvalue weighted by atomic mass is 10.1. The first-order valence-electron chi connectivity index (χ1n) is 9.13. The van der Waals surface area contributed by atoms with Crippen molar-refractivity contribution in [2.24, 2.45) is 4.99 Å². The maximum absolute atomic E-state index is 12.6. The Morgan fingerprint density at radius 1 is 1.26 bits per heavy atom. The third-order valence-electron chi connectivity index (χ3n) is 4.14. The van der Waals surface area contributed by atoms with E-state index < -0.39 is 11.9 Å². The van der Waals surface area contributed by atoms with Crippen molar-refractivity contribution in [1.82, 2.24) is 15.6 Å². The van der Waals surface area contributed by atoms with E-state index >= 15 is 0 Å². The summed E-state index contributed by atoms with van der Waals surface area (Å²) in [5.41, 5.74) is 1.06. The minimum absolute atomic E-state index is 0. The molecule has 0 amide bonds. The van der Waals surface area contributed by atoms with Crippen molar-refractivity contribution in [3.05, 3.63) is 52.0 Å². The Balaban J connectivity index is 0.00000480. The Labute approximate surface area is 201 Å². The molecule has 0 aliphatic carbocycles. The summed E-state index contributed by atoms with van der Waals surface area (Å²) >= 11 is 0.994. The normalized spacial score (nSPS) is 11.5. The molecule has 1 aromatic heterocycles. The maximum Gasteiger partial charge on any atom is 0.434 e. The van der Waals surface area contributed by atoms with E-state index in [0.29, 0.717) is 48.4 Å². The number of hydrogen-bond acceptors (Lipinski definition) is 5. The van der Waals surface area contributed by atoms with E-state index in [1.165, 1.54) is 0 Å². The summed E-state index contributed by atoms with van der Waals surface area (Å²) in [6, 6.07) is 3.87. The van der Waals surface area contributed by atoms with Crippen molar-refractivity contribution >= 4 is 41.3 Å². The van der Waals surface area contributed by atoms with Crippen LogP contribution in [0.4, 0.5) is 13.2 Å². The third-order valence-corrected chi connectivity index (χ3v) is 5.05. The number of methoxy groups -OCH3 is 2. The molecular weight excluding hydrogens is 544 g/mol. The fourth-order valence-electron chi connectivity index (χ4n) is 2.77. The predicted octanol–water partition coefficient (Wildman–Crippen LogP) is 4.43. The van der Waals surface area contributed by atoms with Gasteiger partial charge in [0.2, 0.25) is 0 Å². The van der Waals surface area contributed by atoms with Crippen molar-refractivity contribution in [3.63, 3.8) is 0 Å². The Hall–Kier alpha value is -2.02. The van der Waals surface area contributed by atoms with Crippen LogP contribution < -0.4 is 20.1 Å². The van der Waals surface area contributed by atoms with Crippen LogP contribution in [0.3, 0.4) is 0 Å². The molecule has 2 N–H and O–H groups in total. The molecule has 2 rings (SSSR count). The van der Waals surface area contributed by atoms with Gasteiger partial charge >= 0.3 is 6.18 Å². The molecular formula is C20H26F3IN4O2S. The summed E-state index contributed by atoms with van der Waals surface area (Å²) < 4.78 is 48.7. The number of nitrogens with zero attached hydrogens (tertiary/aromatic N) is 2. The van der Waals surface area contributed by atoms with E-state index in [0.717, 1.165) is 27.8 Å². The van der Waals surface area contributed by atoms with E-state index in [1.807, 2.05) is 12.1 Å². The molecule has 0 radical (unpaired) electrons. The number of alkyl halides is 3. The molecule has 0 saturated carbocycles. The minimum Gasteiger partial charge on any atom is -0.493 e. The van der Waals surface area contributed by atoms with Crippen molar-refractivity contribution in [3.8, 4) is 11.5 Å². The number of aliphatic imine (C=N–C) groups is 1. The molecule has 0 spiro atoms. The Bertz CT molecular complexity index is 888. The van der Waals surface area contributed by atoms with Crippen LogP contribution in [0.25, 0.3) is 0 Å². The van der Waals surface area contributed by atoms with E-state index in [9.17, 15) is 13.2 Å². The highest BCUT2D eigenvalue weighted by Gasteiger charge is 2.33. The molecule has 0 saturated heterocycles. The molecule has 0 bridgehead atoms. The highest BCUT2D eigenvalue weighted by molar-refractivity contribution is 14.0. The summed E-state index contributed by atoms with van der Waals surface area (Å²) in [7, 11) is 4.79. The fourth-order valence-corrected chi connectivity index (χ4v) is 3.57. The second-order valence-corrected chi connectivity index (χ2v) is 7.15. The SMILES string of the molecule is C=CCc1cc(CNC(=NC)NCCc2nc(C(F)(F)F)cs2)cc(OC)c1OC.I. The first-order chi connectivity index (χ1) is 14.3. The van der Waals surface area contributed by atoms with Gasteiger partial charge in [-0.3, -0.25) is 4.99 Å². The zero-order valence-corrected chi connectivity index (χ0v) is 20.7. The molecule has 2 aromatic rings. The van der Waals surface area contributed by atoms with Crippen LogP contribution in [0.2, 0.25) is 0 Å². The van der Waals surface area contributed by atoms with Crippen LogP contribution in [0.1, 0.15) is 21.8 Å². The summed E-state index contributed by atoms with van der Waals surface area (Å²) in [6.45, 7) is 4.64. The largest absolute Gasteiger partial charge is 0.493 e. The number of halogens is 4. The lowest BCUT2D eigenvalue weighted by Crippen LogP contribution is -2.37. The van der Waals surface area contributed by atoms with Crippen LogP contribution in [0.5, 0.6) is 11.5 Å². The second kappa shape index (κ2) is 12.7. The van der Waals surface area contributed by atoms with Crippen molar-refractivity contribution in [2.75, 3.05) is 27.8 Å². The molecule has 0 unspecified atom stereocenters. The van der Waals surface area contributed by atoms with Gasteiger partial charge in [-0.15, -0.1) is 41.9 Å². The standard InChI is InChI=1S/C20H25F3N4O2S.HI/c1-5-6-14-9-13(10-15(28-3)18(14)29-4)11-26-19(24-2)25-8-7-17-27-16(12-30-17)20(21,22)23;/h5,9-10,12H,1,6-8,11H2,2-4H3,(H2,24,25,26);1H. The third kappa shape index (κ3) is 7.87. The number of aromatic nitrogens is 1. The quantitative estimate of drug-likeness (QED) is 0.202. The van der Waals surface area contributed by atoms with Gasteiger partial charge in [-0.05, 0) is 24.1 Å². The molecule has 31 heavy (non-hydrogen) atoms. The van der Waals surface area contributed by atoms with Crippen LogP contribution in [0, 0.1) is 0 Å². The number of hydrogen-bond donors (Lipinski definition) is 2. The molecule has 1 aromatic carbocycles. The van der Waals surface area contributed by atoms with Gasteiger partial charge in [0, 0.05) is 37.5 Å². The highest BCUT2D eigenvalue weighted by Crippen LogP contribution is 2.33. The van der Waals surface area contributed by atoms with Crippen LogP contribution in [-0.2, 0) is 25.6 Å². The van der Waals surface area contributed by atoms with Gasteiger partial charge < -0.3 is 20.1 Å². The molecule has 11 heteroatoms. The minimum atomic E-state index is -4.41. The zero-order valence-electron chi connectivity index (χ0n) is 17.5. The van der Waals surface area contributed by atoms with Gasteiger partial charge in [-0.1, -0.05) is 6.08 Å². The molecule has 0 fully saturated rings.